The average molecular weight is 344 g/mol. The van der Waals surface area contributed by atoms with Gasteiger partial charge in [-0.3, -0.25) is 0 Å². The third-order valence-electron chi connectivity index (χ3n) is 4.24. The van der Waals surface area contributed by atoms with E-state index in [0.29, 0.717) is 28.6 Å². The number of fused-ring (bicyclic) bond motifs is 3. The average Bonchev–Trinajstić information content (AvgIpc) is 2.98. The molecule has 0 saturated heterocycles. The topological polar surface area (TPSA) is 70.2 Å². The molecule has 0 saturated carbocycles. The zero-order chi connectivity index (χ0) is 16.9. The minimum absolute atomic E-state index is 0.203. The Bertz CT molecular complexity index is 920. The lowest BCUT2D eigenvalue weighted by Gasteiger charge is -2.34. The van der Waals surface area contributed by atoms with Gasteiger partial charge in [0, 0.05) is 22.3 Å². The molecule has 4 rings (SSSR count). The molecular formula is C18H18ClN3O2. The van der Waals surface area contributed by atoms with Gasteiger partial charge in [0.05, 0.1) is 22.8 Å². The molecule has 24 heavy (non-hydrogen) atoms. The van der Waals surface area contributed by atoms with Crippen molar-refractivity contribution in [2.24, 2.45) is 0 Å². The number of aromatic nitrogens is 2. The third kappa shape index (κ3) is 2.41. The van der Waals surface area contributed by atoms with Gasteiger partial charge in [-0.2, -0.15) is 0 Å². The molecule has 0 spiro atoms. The van der Waals surface area contributed by atoms with E-state index in [2.05, 4.69) is 29.1 Å². The standard InChI is InChI=1S/C18H18ClN3O2/c1-18(2)9-24-13-8-21-17-14(15(13)22-18)11(7-20-17)16(23)10-5-3-4-6-12(10)19/h3-8,16,22-23H,9H2,1-2H3,(H,20,21). The third-order valence-corrected chi connectivity index (χ3v) is 4.59. The van der Waals surface area contributed by atoms with Crippen LogP contribution in [0.2, 0.25) is 5.02 Å². The molecule has 0 aliphatic carbocycles. The van der Waals surface area contributed by atoms with Crippen LogP contribution < -0.4 is 10.1 Å². The monoisotopic (exact) mass is 343 g/mol. The molecule has 0 amide bonds. The zero-order valence-corrected chi connectivity index (χ0v) is 14.2. The summed E-state index contributed by atoms with van der Waals surface area (Å²) in [6.07, 6.45) is 2.62. The van der Waals surface area contributed by atoms with Crippen LogP contribution in [0.1, 0.15) is 31.1 Å². The van der Waals surface area contributed by atoms with Gasteiger partial charge < -0.3 is 20.1 Å². The van der Waals surface area contributed by atoms with Crippen molar-refractivity contribution < 1.29 is 9.84 Å². The van der Waals surface area contributed by atoms with Crippen molar-refractivity contribution in [3.8, 4) is 5.75 Å². The first-order chi connectivity index (χ1) is 11.5. The summed E-state index contributed by atoms with van der Waals surface area (Å²) in [6, 6.07) is 7.29. The van der Waals surface area contributed by atoms with E-state index in [9.17, 15) is 5.11 Å². The van der Waals surface area contributed by atoms with E-state index in [-0.39, 0.29) is 5.54 Å². The van der Waals surface area contributed by atoms with Crippen LogP contribution in [0.25, 0.3) is 11.0 Å². The number of hydrogen-bond donors (Lipinski definition) is 3. The number of hydrogen-bond acceptors (Lipinski definition) is 4. The van der Waals surface area contributed by atoms with E-state index in [1.807, 2.05) is 18.2 Å². The van der Waals surface area contributed by atoms with Crippen LogP contribution in [0.4, 0.5) is 5.69 Å². The lowest BCUT2D eigenvalue weighted by atomic mass is 9.98. The number of anilines is 1. The summed E-state index contributed by atoms with van der Waals surface area (Å²) in [5, 5.41) is 15.7. The Kier molecular flexibility index (Phi) is 3.44. The summed E-state index contributed by atoms with van der Waals surface area (Å²) in [7, 11) is 0. The molecule has 0 fully saturated rings. The van der Waals surface area contributed by atoms with E-state index in [4.69, 9.17) is 16.3 Å². The zero-order valence-electron chi connectivity index (χ0n) is 13.4. The first-order valence-corrected chi connectivity index (χ1v) is 8.17. The molecule has 2 aromatic heterocycles. The van der Waals surface area contributed by atoms with Gasteiger partial charge in [0.25, 0.3) is 0 Å². The molecule has 1 atom stereocenters. The second-order valence-electron chi connectivity index (χ2n) is 6.69. The first-order valence-electron chi connectivity index (χ1n) is 7.80. The molecule has 6 heteroatoms. The minimum Gasteiger partial charge on any atom is -0.487 e. The Labute approximate surface area is 144 Å². The maximum absolute atomic E-state index is 10.9. The number of aliphatic hydroxyl groups is 1. The maximum Gasteiger partial charge on any atom is 0.161 e. The molecule has 1 aliphatic rings. The SMILES string of the molecule is CC1(C)COc2cnc3[nH]cc(C(O)c4ccccc4Cl)c3c2N1. The lowest BCUT2D eigenvalue weighted by Crippen LogP contribution is -2.41. The highest BCUT2D eigenvalue weighted by Crippen LogP contribution is 2.42. The Morgan fingerprint density at radius 2 is 2.08 bits per heavy atom. The van der Waals surface area contributed by atoms with Gasteiger partial charge in [-0.1, -0.05) is 29.8 Å². The Morgan fingerprint density at radius 3 is 2.88 bits per heavy atom. The molecule has 0 bridgehead atoms. The van der Waals surface area contributed by atoms with E-state index >= 15 is 0 Å². The predicted octanol–water partition coefficient (Wildman–Crippen LogP) is 3.88. The first kappa shape index (κ1) is 15.3. The minimum atomic E-state index is -0.854. The normalized spacial score (nSPS) is 17.0. The van der Waals surface area contributed by atoms with Gasteiger partial charge in [-0.25, -0.2) is 4.98 Å². The molecule has 124 valence electrons. The van der Waals surface area contributed by atoms with Gasteiger partial charge in [0.15, 0.2) is 5.75 Å². The number of aromatic amines is 1. The smallest absolute Gasteiger partial charge is 0.161 e. The predicted molar refractivity (Wildman–Crippen MR) is 94.8 cm³/mol. The molecule has 3 aromatic rings. The molecular weight excluding hydrogens is 326 g/mol. The number of halogens is 1. The highest BCUT2D eigenvalue weighted by Gasteiger charge is 2.30. The van der Waals surface area contributed by atoms with Crippen molar-refractivity contribution in [1.82, 2.24) is 9.97 Å². The van der Waals surface area contributed by atoms with Crippen molar-refractivity contribution in [1.29, 1.82) is 0 Å². The summed E-state index contributed by atoms with van der Waals surface area (Å²) in [4.78, 5) is 7.52. The van der Waals surface area contributed by atoms with Gasteiger partial charge in [-0.15, -0.1) is 0 Å². The highest BCUT2D eigenvalue weighted by molar-refractivity contribution is 6.31. The summed E-state index contributed by atoms with van der Waals surface area (Å²) >= 11 is 6.25. The van der Waals surface area contributed by atoms with Crippen molar-refractivity contribution in [2.75, 3.05) is 11.9 Å². The molecule has 1 aliphatic heterocycles. The van der Waals surface area contributed by atoms with Crippen molar-refractivity contribution >= 4 is 28.3 Å². The van der Waals surface area contributed by atoms with E-state index in [1.54, 1.807) is 18.5 Å². The number of benzene rings is 1. The number of ether oxygens (including phenoxy) is 1. The van der Waals surface area contributed by atoms with Crippen molar-refractivity contribution in [3.05, 3.63) is 52.8 Å². The van der Waals surface area contributed by atoms with Crippen LogP contribution >= 0.6 is 11.6 Å². The molecule has 3 heterocycles. The van der Waals surface area contributed by atoms with Gasteiger partial charge in [0.1, 0.15) is 18.4 Å². The number of pyridine rings is 1. The number of nitrogens with one attached hydrogen (secondary N) is 2. The summed E-state index contributed by atoms with van der Waals surface area (Å²) in [5.41, 5.74) is 2.72. The molecule has 3 N–H and O–H groups in total. The molecule has 5 nitrogen and oxygen atoms in total. The molecule has 1 unspecified atom stereocenters. The fourth-order valence-electron chi connectivity index (χ4n) is 3.05. The number of H-pyrrole nitrogens is 1. The largest absolute Gasteiger partial charge is 0.487 e. The Hall–Kier alpha value is -2.24. The van der Waals surface area contributed by atoms with Crippen molar-refractivity contribution in [2.45, 2.75) is 25.5 Å². The van der Waals surface area contributed by atoms with Gasteiger partial charge >= 0.3 is 0 Å². The summed E-state index contributed by atoms with van der Waals surface area (Å²) in [6.45, 7) is 4.69. The van der Waals surface area contributed by atoms with Crippen LogP contribution in [-0.4, -0.2) is 27.2 Å². The quantitative estimate of drug-likeness (QED) is 0.660. The number of rotatable bonds is 2. The Balaban J connectivity index is 1.90. The van der Waals surface area contributed by atoms with E-state index < -0.39 is 6.10 Å². The van der Waals surface area contributed by atoms with Crippen LogP contribution in [0.5, 0.6) is 5.75 Å². The number of aliphatic hydroxyl groups excluding tert-OH is 1. The van der Waals surface area contributed by atoms with Crippen LogP contribution in [-0.2, 0) is 0 Å². The lowest BCUT2D eigenvalue weighted by molar-refractivity contribution is 0.221. The molecule has 1 aromatic carbocycles. The number of nitrogens with zero attached hydrogens (tertiary/aromatic N) is 1. The molecule has 0 radical (unpaired) electrons. The van der Waals surface area contributed by atoms with Gasteiger partial charge in [-0.05, 0) is 19.9 Å². The maximum atomic E-state index is 10.9. The summed E-state index contributed by atoms with van der Waals surface area (Å²) in [5.74, 6) is 0.689. The Morgan fingerprint density at radius 1 is 1.29 bits per heavy atom. The second-order valence-corrected chi connectivity index (χ2v) is 7.09. The van der Waals surface area contributed by atoms with Gasteiger partial charge in [0.2, 0.25) is 0 Å². The second kappa shape index (κ2) is 5.40. The highest BCUT2D eigenvalue weighted by atomic mass is 35.5. The van der Waals surface area contributed by atoms with Crippen LogP contribution in [0.15, 0.2) is 36.7 Å². The van der Waals surface area contributed by atoms with E-state index in [0.717, 1.165) is 16.6 Å². The van der Waals surface area contributed by atoms with E-state index in [1.165, 1.54) is 0 Å². The fraction of sp³-hybridized carbons (Fsp3) is 0.278. The van der Waals surface area contributed by atoms with Crippen LogP contribution in [0.3, 0.4) is 0 Å². The summed E-state index contributed by atoms with van der Waals surface area (Å²) < 4.78 is 5.83. The van der Waals surface area contributed by atoms with Crippen molar-refractivity contribution in [3.63, 3.8) is 0 Å². The van der Waals surface area contributed by atoms with Crippen LogP contribution in [0, 0.1) is 0 Å². The fourth-order valence-corrected chi connectivity index (χ4v) is 3.29.